The minimum absolute atomic E-state index is 0.113. The van der Waals surface area contributed by atoms with Crippen LogP contribution in [0.15, 0.2) is 29.8 Å². The van der Waals surface area contributed by atoms with E-state index in [4.69, 9.17) is 10.1 Å². The summed E-state index contributed by atoms with van der Waals surface area (Å²) < 4.78 is 9.38. The summed E-state index contributed by atoms with van der Waals surface area (Å²) in [5.74, 6) is -1.29. The first-order valence-corrected chi connectivity index (χ1v) is 5.72. The molecule has 2 N–H and O–H groups in total. The Hall–Kier alpha value is -2.63. The van der Waals surface area contributed by atoms with Gasteiger partial charge in [-0.3, -0.25) is 4.79 Å². The van der Waals surface area contributed by atoms with Crippen LogP contribution in [-0.2, 0) is 14.3 Å². The molecule has 1 rings (SSSR count). The van der Waals surface area contributed by atoms with Crippen LogP contribution in [0.1, 0.15) is 19.4 Å². The Bertz CT molecular complexity index is 572. The van der Waals surface area contributed by atoms with Crippen molar-refractivity contribution < 1.29 is 24.2 Å². The number of carbonyl (C=O) groups excluding carboxylic acids is 2. The number of carbonyl (C=O) groups is 2. The summed E-state index contributed by atoms with van der Waals surface area (Å²) in [6.45, 7) is 2.65. The first-order valence-electron chi connectivity index (χ1n) is 5.72. The number of esters is 2. The molecule has 0 spiro atoms. The molecule has 6 nitrogen and oxygen atoms in total. The van der Waals surface area contributed by atoms with Crippen molar-refractivity contribution in [3.8, 4) is 5.75 Å². The Morgan fingerprint density at radius 3 is 2.10 bits per heavy atom. The van der Waals surface area contributed by atoms with Crippen LogP contribution in [-0.4, -0.2) is 29.9 Å². The highest BCUT2D eigenvalue weighted by Gasteiger charge is 2.19. The summed E-state index contributed by atoms with van der Waals surface area (Å²) >= 11 is 0. The van der Waals surface area contributed by atoms with Gasteiger partial charge in [0.15, 0.2) is 0 Å². The molecule has 0 aliphatic carbocycles. The molecular weight excluding hydrogens is 262 g/mol. The highest BCUT2D eigenvalue weighted by atomic mass is 16.5. The molecule has 1 aromatic rings. The highest BCUT2D eigenvalue weighted by molar-refractivity contribution is 6.22. The van der Waals surface area contributed by atoms with Gasteiger partial charge in [-0.2, -0.15) is 0 Å². The molecule has 0 aromatic heterocycles. The lowest BCUT2D eigenvalue weighted by molar-refractivity contribution is -0.135. The van der Waals surface area contributed by atoms with Gasteiger partial charge in [0.1, 0.15) is 17.1 Å². The van der Waals surface area contributed by atoms with Gasteiger partial charge in [-0.15, -0.1) is 0 Å². The molecule has 20 heavy (non-hydrogen) atoms. The Morgan fingerprint density at radius 1 is 1.15 bits per heavy atom. The van der Waals surface area contributed by atoms with Gasteiger partial charge >= 0.3 is 11.9 Å². The topological polar surface area (TPSA) is 96.7 Å². The van der Waals surface area contributed by atoms with E-state index in [0.717, 1.165) is 0 Å². The summed E-state index contributed by atoms with van der Waals surface area (Å²) in [6, 6.07) is 5.89. The van der Waals surface area contributed by atoms with Gasteiger partial charge < -0.3 is 20.0 Å². The van der Waals surface area contributed by atoms with Crippen molar-refractivity contribution in [3.63, 3.8) is 0 Å². The molecule has 0 radical (unpaired) electrons. The van der Waals surface area contributed by atoms with Crippen LogP contribution in [0.4, 0.5) is 0 Å². The van der Waals surface area contributed by atoms with Crippen LogP contribution in [0.2, 0.25) is 0 Å². The van der Waals surface area contributed by atoms with E-state index in [9.17, 15) is 14.7 Å². The first-order chi connectivity index (χ1) is 9.36. The van der Waals surface area contributed by atoms with E-state index < -0.39 is 11.9 Å². The van der Waals surface area contributed by atoms with E-state index in [1.807, 2.05) is 0 Å². The minimum Gasteiger partial charge on any atom is -0.506 e. The van der Waals surface area contributed by atoms with Crippen LogP contribution in [0, 0.1) is 5.41 Å². The smallest absolute Gasteiger partial charge is 0.343 e. The Balaban J connectivity index is 3.17. The molecule has 1 aromatic carbocycles. The van der Waals surface area contributed by atoms with Crippen LogP contribution in [0.25, 0.3) is 5.76 Å². The number of ether oxygens (including phenoxy) is 2. The molecule has 0 fully saturated rings. The molecule has 6 heteroatoms. The highest BCUT2D eigenvalue weighted by Crippen LogP contribution is 2.21. The first kappa shape index (κ1) is 15.4. The fourth-order valence-corrected chi connectivity index (χ4v) is 1.52. The van der Waals surface area contributed by atoms with Gasteiger partial charge in [0, 0.05) is 18.2 Å². The van der Waals surface area contributed by atoms with E-state index in [1.54, 1.807) is 0 Å². The van der Waals surface area contributed by atoms with Gasteiger partial charge in [0.25, 0.3) is 0 Å². The van der Waals surface area contributed by atoms with Crippen molar-refractivity contribution in [2.45, 2.75) is 13.8 Å². The number of hydrogen-bond acceptors (Lipinski definition) is 6. The molecule has 0 unspecified atom stereocenters. The maximum atomic E-state index is 11.5. The summed E-state index contributed by atoms with van der Waals surface area (Å²) in [7, 11) is 1.17. The number of benzene rings is 1. The Morgan fingerprint density at radius 2 is 1.70 bits per heavy atom. The average molecular weight is 277 g/mol. The lowest BCUT2D eigenvalue weighted by atomic mass is 10.1. The fraction of sp³-hybridized carbons (Fsp3) is 0.214. The third-order valence-electron chi connectivity index (χ3n) is 2.39. The summed E-state index contributed by atoms with van der Waals surface area (Å²) in [5.41, 5.74) is -0.0148. The molecule has 0 atom stereocenters. The molecule has 0 aliphatic heterocycles. The molecule has 106 valence electrons. The zero-order valence-corrected chi connectivity index (χ0v) is 11.4. The van der Waals surface area contributed by atoms with E-state index in [1.165, 1.54) is 45.2 Å². The molecule has 0 bridgehead atoms. The third kappa shape index (κ3) is 3.68. The molecule has 0 amide bonds. The SMILES string of the molecule is COC(=O)/C(C(C)=N)=C(/O)c1ccc(OC(C)=O)cc1. The number of hydrogen-bond donors (Lipinski definition) is 2. The number of rotatable bonds is 4. The van der Waals surface area contributed by atoms with Gasteiger partial charge in [-0.05, 0) is 31.2 Å². The standard InChI is InChI=1S/C14H15NO5/c1-8(15)12(14(18)19-3)13(17)10-4-6-11(7-5-10)20-9(2)16/h4-7,15,17H,1-3H3/b13-12+,15-8?. The van der Waals surface area contributed by atoms with Crippen molar-refractivity contribution in [1.82, 2.24) is 0 Å². The second-order valence-corrected chi connectivity index (χ2v) is 3.96. The van der Waals surface area contributed by atoms with Gasteiger partial charge in [-0.25, -0.2) is 4.79 Å². The predicted molar refractivity (Wildman–Crippen MR) is 72.7 cm³/mol. The minimum atomic E-state index is -0.793. The van der Waals surface area contributed by atoms with Crippen LogP contribution >= 0.6 is 0 Å². The summed E-state index contributed by atoms with van der Waals surface area (Å²) in [5, 5.41) is 17.6. The van der Waals surface area contributed by atoms with Crippen molar-refractivity contribution in [2.75, 3.05) is 7.11 Å². The molecule has 0 aliphatic rings. The van der Waals surface area contributed by atoms with Gasteiger partial charge in [0.05, 0.1) is 7.11 Å². The maximum Gasteiger partial charge on any atom is 0.343 e. The summed E-state index contributed by atoms with van der Waals surface area (Å²) in [6.07, 6.45) is 0. The van der Waals surface area contributed by atoms with Crippen molar-refractivity contribution >= 4 is 23.4 Å². The maximum absolute atomic E-state index is 11.5. The number of nitrogens with one attached hydrogen (secondary N) is 1. The zero-order chi connectivity index (χ0) is 15.3. The normalized spacial score (nSPS) is 11.3. The predicted octanol–water partition coefficient (Wildman–Crippen LogP) is 2.09. The molecule has 0 saturated carbocycles. The van der Waals surface area contributed by atoms with Crippen LogP contribution in [0.5, 0.6) is 5.75 Å². The monoisotopic (exact) mass is 277 g/mol. The average Bonchev–Trinajstić information content (AvgIpc) is 2.38. The molecule has 0 heterocycles. The molecule has 0 saturated heterocycles. The second kappa shape index (κ2) is 6.51. The van der Waals surface area contributed by atoms with E-state index >= 15 is 0 Å². The summed E-state index contributed by atoms with van der Waals surface area (Å²) in [4.78, 5) is 22.3. The zero-order valence-electron chi connectivity index (χ0n) is 11.4. The Kier molecular flexibility index (Phi) is 5.02. The second-order valence-electron chi connectivity index (χ2n) is 3.96. The lowest BCUT2D eigenvalue weighted by Gasteiger charge is -2.08. The van der Waals surface area contributed by atoms with E-state index in [0.29, 0.717) is 11.3 Å². The van der Waals surface area contributed by atoms with E-state index in [-0.39, 0.29) is 17.0 Å². The number of aliphatic hydroxyl groups is 1. The number of aliphatic hydroxyl groups excluding tert-OH is 1. The van der Waals surface area contributed by atoms with Crippen LogP contribution < -0.4 is 4.74 Å². The fourth-order valence-electron chi connectivity index (χ4n) is 1.52. The molecular formula is C14H15NO5. The number of methoxy groups -OCH3 is 1. The van der Waals surface area contributed by atoms with Gasteiger partial charge in [0.2, 0.25) is 0 Å². The Labute approximate surface area is 116 Å². The largest absolute Gasteiger partial charge is 0.506 e. The third-order valence-corrected chi connectivity index (χ3v) is 2.39. The van der Waals surface area contributed by atoms with Crippen LogP contribution in [0.3, 0.4) is 0 Å². The van der Waals surface area contributed by atoms with E-state index in [2.05, 4.69) is 4.74 Å². The van der Waals surface area contributed by atoms with Crippen molar-refractivity contribution in [3.05, 3.63) is 35.4 Å². The lowest BCUT2D eigenvalue weighted by Crippen LogP contribution is -2.13. The van der Waals surface area contributed by atoms with Crippen molar-refractivity contribution in [1.29, 1.82) is 5.41 Å². The van der Waals surface area contributed by atoms with Crippen molar-refractivity contribution in [2.24, 2.45) is 0 Å². The quantitative estimate of drug-likeness (QED) is 0.289. The van der Waals surface area contributed by atoms with Gasteiger partial charge in [-0.1, -0.05) is 0 Å².